The number of anilines is 3. The number of carbonyl (C=O) groups is 1. The fourth-order valence-corrected chi connectivity index (χ4v) is 2.40. The van der Waals surface area contributed by atoms with Crippen LogP contribution in [0.4, 0.5) is 17.2 Å². The normalized spacial score (nSPS) is 10.2. The van der Waals surface area contributed by atoms with E-state index >= 15 is 0 Å². The summed E-state index contributed by atoms with van der Waals surface area (Å²) >= 11 is 3.40. The van der Waals surface area contributed by atoms with Gasteiger partial charge in [-0.2, -0.15) is 0 Å². The molecule has 0 saturated carbocycles. The van der Waals surface area contributed by atoms with Crippen molar-refractivity contribution in [2.75, 3.05) is 10.6 Å². The first kappa shape index (κ1) is 16.2. The van der Waals surface area contributed by atoms with E-state index in [0.717, 1.165) is 15.7 Å². The van der Waals surface area contributed by atoms with Crippen molar-refractivity contribution in [3.8, 4) is 0 Å². The molecule has 0 unspecified atom stereocenters. The predicted molar refractivity (Wildman–Crippen MR) is 101 cm³/mol. The van der Waals surface area contributed by atoms with E-state index in [-0.39, 0.29) is 5.91 Å². The Morgan fingerprint density at radius 2 is 1.58 bits per heavy atom. The van der Waals surface area contributed by atoms with Crippen LogP contribution in [0.5, 0.6) is 0 Å². The first-order chi connectivity index (χ1) is 11.6. The Morgan fingerprint density at radius 1 is 0.917 bits per heavy atom. The molecule has 0 radical (unpaired) electrons. The van der Waals surface area contributed by atoms with Gasteiger partial charge in [0.05, 0.1) is 11.9 Å². The minimum absolute atomic E-state index is 0.148. The average molecular weight is 382 g/mol. The van der Waals surface area contributed by atoms with Crippen LogP contribution < -0.4 is 10.6 Å². The van der Waals surface area contributed by atoms with Gasteiger partial charge in [0.1, 0.15) is 5.82 Å². The number of amides is 1. The number of hydrogen-bond acceptors (Lipinski definition) is 3. The van der Waals surface area contributed by atoms with E-state index < -0.39 is 0 Å². The zero-order valence-electron chi connectivity index (χ0n) is 13.1. The Morgan fingerprint density at radius 3 is 2.21 bits per heavy atom. The summed E-state index contributed by atoms with van der Waals surface area (Å²) in [6.45, 7) is 1.99. The molecule has 0 fully saturated rings. The summed E-state index contributed by atoms with van der Waals surface area (Å²) in [6.07, 6.45) is 1.63. The van der Waals surface area contributed by atoms with Crippen molar-refractivity contribution in [2.45, 2.75) is 6.92 Å². The zero-order chi connectivity index (χ0) is 16.9. The summed E-state index contributed by atoms with van der Waals surface area (Å²) in [5.41, 5.74) is 3.35. The van der Waals surface area contributed by atoms with Gasteiger partial charge in [0, 0.05) is 15.7 Å². The minimum Gasteiger partial charge on any atom is -0.340 e. The quantitative estimate of drug-likeness (QED) is 0.656. The van der Waals surface area contributed by atoms with Gasteiger partial charge in [-0.25, -0.2) is 4.98 Å². The smallest absolute Gasteiger partial charge is 0.255 e. The summed E-state index contributed by atoms with van der Waals surface area (Å²) in [5.74, 6) is 0.566. The van der Waals surface area contributed by atoms with E-state index in [1.165, 1.54) is 0 Å². The molecule has 5 heteroatoms. The molecular weight excluding hydrogens is 366 g/mol. The van der Waals surface area contributed by atoms with Crippen LogP contribution in [0, 0.1) is 6.92 Å². The second-order valence-corrected chi connectivity index (χ2v) is 6.30. The first-order valence-corrected chi connectivity index (χ1v) is 8.26. The monoisotopic (exact) mass is 381 g/mol. The van der Waals surface area contributed by atoms with Crippen LogP contribution in [0.25, 0.3) is 0 Å². The lowest BCUT2D eigenvalue weighted by atomic mass is 10.1. The molecule has 3 aromatic rings. The largest absolute Gasteiger partial charge is 0.340 e. The van der Waals surface area contributed by atoms with Gasteiger partial charge in [-0.3, -0.25) is 4.79 Å². The van der Waals surface area contributed by atoms with Crippen LogP contribution >= 0.6 is 15.9 Å². The van der Waals surface area contributed by atoms with Crippen LogP contribution in [-0.2, 0) is 0 Å². The molecule has 0 spiro atoms. The highest BCUT2D eigenvalue weighted by Crippen LogP contribution is 2.19. The molecule has 0 aliphatic rings. The Balaban J connectivity index is 1.64. The minimum atomic E-state index is -0.148. The maximum absolute atomic E-state index is 12.2. The van der Waals surface area contributed by atoms with Crippen LogP contribution in [0.2, 0.25) is 0 Å². The second kappa shape index (κ2) is 7.27. The number of carbonyl (C=O) groups excluding carboxylic acids is 1. The maximum atomic E-state index is 12.2. The maximum Gasteiger partial charge on any atom is 0.255 e. The number of halogens is 1. The molecule has 0 bridgehead atoms. The number of hydrogen-bond donors (Lipinski definition) is 2. The Bertz CT molecular complexity index is 828. The third-order valence-corrected chi connectivity index (χ3v) is 3.98. The third kappa shape index (κ3) is 4.20. The van der Waals surface area contributed by atoms with Gasteiger partial charge in [0.2, 0.25) is 0 Å². The lowest BCUT2D eigenvalue weighted by Gasteiger charge is -2.08. The van der Waals surface area contributed by atoms with Crippen molar-refractivity contribution >= 4 is 39.0 Å². The SMILES string of the molecule is Cc1ccc(C(=O)Nc2ccc(Nc3ccc(Br)cc3)nc2)cc1. The molecule has 3 rings (SSSR count). The highest BCUT2D eigenvalue weighted by molar-refractivity contribution is 9.10. The molecule has 120 valence electrons. The van der Waals surface area contributed by atoms with Gasteiger partial charge < -0.3 is 10.6 Å². The number of pyridine rings is 1. The van der Waals surface area contributed by atoms with E-state index in [2.05, 4.69) is 31.5 Å². The van der Waals surface area contributed by atoms with Gasteiger partial charge in [0.15, 0.2) is 0 Å². The van der Waals surface area contributed by atoms with Crippen LogP contribution in [0.15, 0.2) is 71.3 Å². The van der Waals surface area contributed by atoms with Gasteiger partial charge in [-0.05, 0) is 55.5 Å². The van der Waals surface area contributed by atoms with Crippen LogP contribution in [0.1, 0.15) is 15.9 Å². The molecule has 1 aromatic heterocycles. The molecule has 0 aliphatic carbocycles. The van der Waals surface area contributed by atoms with Crippen molar-refractivity contribution in [3.63, 3.8) is 0 Å². The summed E-state index contributed by atoms with van der Waals surface area (Å²) < 4.78 is 1.02. The summed E-state index contributed by atoms with van der Waals surface area (Å²) in [4.78, 5) is 16.5. The van der Waals surface area contributed by atoms with E-state index in [9.17, 15) is 4.79 Å². The van der Waals surface area contributed by atoms with E-state index in [4.69, 9.17) is 0 Å². The Kier molecular flexibility index (Phi) is 4.91. The number of nitrogens with zero attached hydrogens (tertiary/aromatic N) is 1. The molecule has 0 aliphatic heterocycles. The lowest BCUT2D eigenvalue weighted by Crippen LogP contribution is -2.12. The Hall–Kier alpha value is -2.66. The number of benzene rings is 2. The molecule has 0 atom stereocenters. The Labute approximate surface area is 149 Å². The van der Waals surface area contributed by atoms with Crippen molar-refractivity contribution in [2.24, 2.45) is 0 Å². The number of rotatable bonds is 4. The van der Waals surface area contributed by atoms with Crippen LogP contribution in [0.3, 0.4) is 0 Å². The van der Waals surface area contributed by atoms with E-state index in [0.29, 0.717) is 17.1 Å². The molecule has 1 heterocycles. The first-order valence-electron chi connectivity index (χ1n) is 7.47. The fraction of sp³-hybridized carbons (Fsp3) is 0.0526. The highest BCUT2D eigenvalue weighted by Gasteiger charge is 2.06. The predicted octanol–water partition coefficient (Wildman–Crippen LogP) is 5.15. The van der Waals surface area contributed by atoms with Crippen LogP contribution in [-0.4, -0.2) is 10.9 Å². The third-order valence-electron chi connectivity index (χ3n) is 3.45. The van der Waals surface area contributed by atoms with Gasteiger partial charge >= 0.3 is 0 Å². The van der Waals surface area contributed by atoms with Crippen molar-refractivity contribution < 1.29 is 4.79 Å². The average Bonchev–Trinajstić information content (AvgIpc) is 2.59. The molecule has 24 heavy (non-hydrogen) atoms. The topological polar surface area (TPSA) is 54.0 Å². The van der Waals surface area contributed by atoms with E-state index in [1.807, 2.05) is 67.6 Å². The van der Waals surface area contributed by atoms with Gasteiger partial charge in [-0.15, -0.1) is 0 Å². The lowest BCUT2D eigenvalue weighted by molar-refractivity contribution is 0.102. The zero-order valence-corrected chi connectivity index (χ0v) is 14.7. The highest BCUT2D eigenvalue weighted by atomic mass is 79.9. The fourth-order valence-electron chi connectivity index (χ4n) is 2.13. The number of aromatic nitrogens is 1. The number of nitrogens with one attached hydrogen (secondary N) is 2. The summed E-state index contributed by atoms with van der Waals surface area (Å²) in [5, 5.41) is 6.05. The van der Waals surface area contributed by atoms with Gasteiger partial charge in [-0.1, -0.05) is 33.6 Å². The summed E-state index contributed by atoms with van der Waals surface area (Å²) in [7, 11) is 0. The van der Waals surface area contributed by atoms with E-state index in [1.54, 1.807) is 6.20 Å². The second-order valence-electron chi connectivity index (χ2n) is 5.38. The van der Waals surface area contributed by atoms with Crippen molar-refractivity contribution in [1.82, 2.24) is 4.98 Å². The molecule has 0 saturated heterocycles. The van der Waals surface area contributed by atoms with Gasteiger partial charge in [0.25, 0.3) is 5.91 Å². The summed E-state index contributed by atoms with van der Waals surface area (Å²) in [6, 6.07) is 18.9. The van der Waals surface area contributed by atoms with Crippen molar-refractivity contribution in [1.29, 1.82) is 0 Å². The standard InChI is InChI=1S/C19H16BrN3O/c1-13-2-4-14(5-3-13)19(24)23-17-10-11-18(21-12-17)22-16-8-6-15(20)7-9-16/h2-12H,1H3,(H,21,22)(H,23,24). The molecule has 2 N–H and O–H groups in total. The number of aryl methyl sites for hydroxylation is 1. The molecule has 1 amide bonds. The molecule has 4 nitrogen and oxygen atoms in total. The molecule has 2 aromatic carbocycles. The molecular formula is C19H16BrN3O. The van der Waals surface area contributed by atoms with Crippen molar-refractivity contribution in [3.05, 3.63) is 82.5 Å².